The summed E-state index contributed by atoms with van der Waals surface area (Å²) in [6, 6.07) is 4.02. The van der Waals surface area contributed by atoms with Crippen LogP contribution >= 0.6 is 0 Å². The van der Waals surface area contributed by atoms with Crippen molar-refractivity contribution in [3.63, 3.8) is 0 Å². The van der Waals surface area contributed by atoms with Crippen molar-refractivity contribution in [3.05, 3.63) is 34.9 Å². The van der Waals surface area contributed by atoms with Crippen LogP contribution in [0.3, 0.4) is 0 Å². The van der Waals surface area contributed by atoms with Crippen LogP contribution in [0.25, 0.3) is 0 Å². The number of nitrogens with zero attached hydrogens (tertiary/aromatic N) is 1. The molecule has 0 bridgehead atoms. The van der Waals surface area contributed by atoms with E-state index in [0.717, 1.165) is 18.2 Å². The zero-order valence-corrected chi connectivity index (χ0v) is 11.0. The number of benzene rings is 1. The second-order valence-electron chi connectivity index (χ2n) is 3.36. The molecular weight excluding hydrogens is 314 g/mol. The first-order valence-corrected chi connectivity index (χ1v) is 7.45. The minimum atomic E-state index is -5.31. The summed E-state index contributed by atoms with van der Waals surface area (Å²) in [5.41, 5.74) is -2.81. The molecule has 2 N–H and O–H groups in total. The van der Waals surface area contributed by atoms with Gasteiger partial charge < -0.3 is 0 Å². The molecule has 1 aromatic rings. The average molecular weight is 319 g/mol. The lowest BCUT2D eigenvalue weighted by Crippen LogP contribution is -2.22. The largest absolute Gasteiger partial charge is 0.333 e. The van der Waals surface area contributed by atoms with E-state index in [1.807, 2.05) is 0 Å². The number of carbonyl (C=O) groups is 2. The van der Waals surface area contributed by atoms with Gasteiger partial charge in [0.2, 0.25) is 0 Å². The fourth-order valence-electron chi connectivity index (χ4n) is 1.30. The Morgan fingerprint density at radius 1 is 1.00 bits per heavy atom. The normalized spacial score (nSPS) is 11.7. The molecule has 106 valence electrons. The first kappa shape index (κ1) is 15.9. The topological polar surface area (TPSA) is 167 Å². The highest BCUT2D eigenvalue weighted by atomic mass is 32.2. The van der Waals surface area contributed by atoms with Gasteiger partial charge in [-0.05, 0) is 12.1 Å². The van der Waals surface area contributed by atoms with Crippen molar-refractivity contribution in [3.8, 4) is 6.07 Å². The summed E-state index contributed by atoms with van der Waals surface area (Å²) in [5.74, 6) is 0. The summed E-state index contributed by atoms with van der Waals surface area (Å²) in [4.78, 5) is 22.9. The molecule has 11 heteroatoms. The summed E-state index contributed by atoms with van der Waals surface area (Å²) >= 11 is 0. The van der Waals surface area contributed by atoms with Crippen LogP contribution in [-0.4, -0.2) is 36.2 Å². The second kappa shape index (κ2) is 5.10. The van der Waals surface area contributed by atoms with Gasteiger partial charge in [0.05, 0.1) is 17.2 Å². The Balaban J connectivity index is 3.79. The first-order valence-electron chi connectivity index (χ1n) is 4.57. The lowest BCUT2D eigenvalue weighted by molar-refractivity contribution is 0.103. The molecule has 0 aliphatic rings. The van der Waals surface area contributed by atoms with E-state index >= 15 is 0 Å². The van der Waals surface area contributed by atoms with Gasteiger partial charge in [-0.1, -0.05) is 6.07 Å². The SMILES string of the molecule is N#Cc1cccc(C(=O)S(=O)(=O)O)c1C(=O)S(=O)(=O)O. The maximum atomic E-state index is 11.5. The van der Waals surface area contributed by atoms with Crippen LogP contribution in [0, 0.1) is 11.3 Å². The van der Waals surface area contributed by atoms with Crippen LogP contribution < -0.4 is 0 Å². The zero-order chi connectivity index (χ0) is 15.7. The minimum absolute atomic E-state index is 0.651. The predicted octanol–water partition coefficient (Wildman–Crippen LogP) is -0.386. The monoisotopic (exact) mass is 319 g/mol. The van der Waals surface area contributed by atoms with E-state index in [0.29, 0.717) is 0 Å². The lowest BCUT2D eigenvalue weighted by atomic mass is 10.0. The summed E-state index contributed by atoms with van der Waals surface area (Å²) in [7, 11) is -10.6. The molecule has 0 saturated heterocycles. The highest BCUT2D eigenvalue weighted by Gasteiger charge is 2.33. The Kier molecular flexibility index (Phi) is 4.06. The van der Waals surface area contributed by atoms with Crippen molar-refractivity contribution in [2.24, 2.45) is 0 Å². The standard InChI is InChI=1S/C9H5NO8S2/c10-4-5-2-1-3-6(8(11)19(13,14)15)7(5)9(12)20(16,17)18/h1-3H,(H,13,14,15)(H,16,17,18). The van der Waals surface area contributed by atoms with Gasteiger partial charge >= 0.3 is 30.5 Å². The van der Waals surface area contributed by atoms with Crippen molar-refractivity contribution < 1.29 is 35.5 Å². The van der Waals surface area contributed by atoms with Crippen LogP contribution in [0.5, 0.6) is 0 Å². The lowest BCUT2D eigenvalue weighted by Gasteiger charge is -2.06. The molecule has 0 spiro atoms. The quantitative estimate of drug-likeness (QED) is 0.690. The molecule has 1 rings (SSSR count). The number of hydrogen-bond acceptors (Lipinski definition) is 7. The maximum absolute atomic E-state index is 11.5. The van der Waals surface area contributed by atoms with Crippen LogP contribution in [0.2, 0.25) is 0 Å². The molecule has 0 fully saturated rings. The molecule has 0 aromatic heterocycles. The van der Waals surface area contributed by atoms with E-state index in [2.05, 4.69) is 0 Å². The predicted molar refractivity (Wildman–Crippen MR) is 62.9 cm³/mol. The summed E-state index contributed by atoms with van der Waals surface area (Å²) in [6.07, 6.45) is 0. The highest BCUT2D eigenvalue weighted by Crippen LogP contribution is 2.19. The van der Waals surface area contributed by atoms with Crippen molar-refractivity contribution in [1.82, 2.24) is 0 Å². The summed E-state index contributed by atoms with van der Waals surface area (Å²) in [5, 5.41) is 4.74. The van der Waals surface area contributed by atoms with E-state index in [1.165, 1.54) is 6.07 Å². The van der Waals surface area contributed by atoms with Gasteiger partial charge in [-0.2, -0.15) is 22.1 Å². The smallest absolute Gasteiger partial charge is 0.279 e. The van der Waals surface area contributed by atoms with Gasteiger partial charge in [0, 0.05) is 5.56 Å². The molecule has 1 aromatic carbocycles. The molecule has 0 aliphatic heterocycles. The highest BCUT2D eigenvalue weighted by molar-refractivity contribution is 8.02. The van der Waals surface area contributed by atoms with Crippen LogP contribution in [0.1, 0.15) is 26.3 Å². The summed E-state index contributed by atoms with van der Waals surface area (Å²) < 4.78 is 60.4. The van der Waals surface area contributed by atoms with Crippen molar-refractivity contribution >= 4 is 30.5 Å². The van der Waals surface area contributed by atoms with Crippen LogP contribution in [0.15, 0.2) is 18.2 Å². The van der Waals surface area contributed by atoms with Crippen LogP contribution in [0.4, 0.5) is 0 Å². The number of nitriles is 1. The van der Waals surface area contributed by atoms with Crippen molar-refractivity contribution in [2.75, 3.05) is 0 Å². The van der Waals surface area contributed by atoms with Gasteiger partial charge in [-0.3, -0.25) is 18.7 Å². The minimum Gasteiger partial charge on any atom is -0.279 e. The Morgan fingerprint density at radius 3 is 1.90 bits per heavy atom. The second-order valence-corrected chi connectivity index (χ2v) is 6.01. The third kappa shape index (κ3) is 3.06. The molecule has 0 radical (unpaired) electrons. The third-order valence-corrected chi connectivity index (χ3v) is 3.44. The molecule has 9 nitrogen and oxygen atoms in total. The van der Waals surface area contributed by atoms with E-state index < -0.39 is 47.2 Å². The number of hydrogen-bond donors (Lipinski definition) is 2. The summed E-state index contributed by atoms with van der Waals surface area (Å²) in [6.45, 7) is 0. The van der Waals surface area contributed by atoms with E-state index in [1.54, 1.807) is 0 Å². The zero-order valence-electron chi connectivity index (χ0n) is 9.34. The average Bonchev–Trinajstić information content (AvgIpc) is 2.33. The first-order chi connectivity index (χ1) is 9.00. The number of carbonyl (C=O) groups excluding carboxylic acids is 2. The van der Waals surface area contributed by atoms with Crippen molar-refractivity contribution in [2.45, 2.75) is 0 Å². The Labute approximate surface area is 112 Å². The van der Waals surface area contributed by atoms with Gasteiger partial charge in [-0.25, -0.2) is 0 Å². The van der Waals surface area contributed by atoms with Gasteiger partial charge in [-0.15, -0.1) is 0 Å². The fourth-order valence-corrected chi connectivity index (χ4v) is 2.23. The molecule has 0 unspecified atom stereocenters. The van der Waals surface area contributed by atoms with E-state index in [-0.39, 0.29) is 0 Å². The van der Waals surface area contributed by atoms with E-state index in [9.17, 15) is 26.4 Å². The van der Waals surface area contributed by atoms with Gasteiger partial charge in [0.15, 0.2) is 0 Å². The van der Waals surface area contributed by atoms with E-state index in [4.69, 9.17) is 14.4 Å². The molecule has 0 saturated carbocycles. The molecule has 0 heterocycles. The molecular formula is C9H5NO8S2. The third-order valence-electron chi connectivity index (χ3n) is 2.08. The molecule has 0 atom stereocenters. The van der Waals surface area contributed by atoms with Crippen molar-refractivity contribution in [1.29, 1.82) is 5.26 Å². The molecule has 0 amide bonds. The van der Waals surface area contributed by atoms with Gasteiger partial charge in [0.1, 0.15) is 0 Å². The Bertz CT molecular complexity index is 844. The maximum Gasteiger partial charge on any atom is 0.333 e. The number of rotatable bonds is 2. The molecule has 0 aliphatic carbocycles. The Morgan fingerprint density at radius 2 is 1.50 bits per heavy atom. The fraction of sp³-hybridized carbons (Fsp3) is 0. The van der Waals surface area contributed by atoms with Gasteiger partial charge in [0.25, 0.3) is 0 Å². The Hall–Kier alpha value is -2.13. The molecule has 20 heavy (non-hydrogen) atoms. The van der Waals surface area contributed by atoms with Crippen LogP contribution in [-0.2, 0) is 20.2 Å².